The third-order valence-corrected chi connectivity index (χ3v) is 4.75. The molecule has 3 atom stereocenters. The number of aryl methyl sites for hydroxylation is 1. The molecule has 0 radical (unpaired) electrons. The van der Waals surface area contributed by atoms with Gasteiger partial charge in [0.15, 0.2) is 5.82 Å². The summed E-state index contributed by atoms with van der Waals surface area (Å²) in [6, 6.07) is -0.235. The molecule has 0 spiro atoms. The van der Waals surface area contributed by atoms with Gasteiger partial charge in [0.05, 0.1) is 5.41 Å². The minimum absolute atomic E-state index is 0.135. The summed E-state index contributed by atoms with van der Waals surface area (Å²) in [6.07, 6.45) is 4.50. The Balaban J connectivity index is 1.72. The van der Waals surface area contributed by atoms with Crippen LogP contribution in [0.5, 0.6) is 0 Å². The fraction of sp³-hybridized carbons (Fsp3) is 0.786. The largest absolute Gasteiger partial charge is 0.344 e. The van der Waals surface area contributed by atoms with Crippen molar-refractivity contribution in [3.05, 3.63) is 11.7 Å². The van der Waals surface area contributed by atoms with E-state index in [-0.39, 0.29) is 17.4 Å². The van der Waals surface area contributed by atoms with Crippen LogP contribution in [0.4, 0.5) is 0 Å². The van der Waals surface area contributed by atoms with Gasteiger partial charge < -0.3 is 15.2 Å². The molecule has 2 fully saturated rings. The molecule has 6 nitrogen and oxygen atoms in total. The number of amides is 1. The summed E-state index contributed by atoms with van der Waals surface area (Å²) in [4.78, 5) is 16.9. The average Bonchev–Trinajstić information content (AvgIpc) is 3.05. The number of hydrogen-bond donors (Lipinski definition) is 2. The lowest BCUT2D eigenvalue weighted by Crippen LogP contribution is -2.48. The van der Waals surface area contributed by atoms with Crippen LogP contribution < -0.4 is 10.6 Å². The Morgan fingerprint density at radius 3 is 3.15 bits per heavy atom. The van der Waals surface area contributed by atoms with E-state index >= 15 is 0 Å². The van der Waals surface area contributed by atoms with Crippen molar-refractivity contribution in [3.63, 3.8) is 0 Å². The molecule has 3 rings (SSSR count). The van der Waals surface area contributed by atoms with Gasteiger partial charge in [0.2, 0.25) is 11.8 Å². The Labute approximate surface area is 118 Å². The Kier molecular flexibility index (Phi) is 3.50. The molecule has 1 aromatic heterocycles. The highest BCUT2D eigenvalue weighted by Gasteiger charge is 2.50. The summed E-state index contributed by atoms with van der Waals surface area (Å²) in [5.41, 5.74) is -0.235. The van der Waals surface area contributed by atoms with Crippen molar-refractivity contribution in [2.45, 2.75) is 45.6 Å². The predicted octanol–water partition coefficient (Wildman–Crippen LogP) is 1.34. The monoisotopic (exact) mass is 278 g/mol. The maximum absolute atomic E-state index is 12.8. The quantitative estimate of drug-likeness (QED) is 0.872. The molecule has 1 unspecified atom stereocenters. The third-order valence-electron chi connectivity index (χ3n) is 4.75. The van der Waals surface area contributed by atoms with Crippen molar-refractivity contribution < 1.29 is 9.32 Å². The number of carbonyl (C=O) groups excluding carboxylic acids is 1. The minimum Gasteiger partial charge on any atom is -0.344 e. The van der Waals surface area contributed by atoms with Gasteiger partial charge in [-0.25, -0.2) is 0 Å². The lowest BCUT2D eigenvalue weighted by molar-refractivity contribution is -0.134. The van der Waals surface area contributed by atoms with Crippen molar-refractivity contribution in [1.29, 1.82) is 0 Å². The first-order chi connectivity index (χ1) is 9.62. The lowest BCUT2D eigenvalue weighted by Gasteiger charge is -2.37. The first kappa shape index (κ1) is 13.5. The van der Waals surface area contributed by atoms with E-state index in [2.05, 4.69) is 20.8 Å². The number of carbonyl (C=O) groups is 1. The van der Waals surface area contributed by atoms with Crippen LogP contribution in [-0.2, 0) is 4.79 Å². The van der Waals surface area contributed by atoms with Crippen LogP contribution in [0.25, 0.3) is 0 Å². The van der Waals surface area contributed by atoms with Crippen LogP contribution in [0.15, 0.2) is 4.52 Å². The molecular formula is C14H22N4O2. The molecule has 1 saturated carbocycles. The summed E-state index contributed by atoms with van der Waals surface area (Å²) < 4.78 is 5.13. The van der Waals surface area contributed by atoms with Crippen molar-refractivity contribution in [2.24, 2.45) is 11.3 Å². The Hall–Kier alpha value is -1.43. The Morgan fingerprint density at radius 1 is 1.55 bits per heavy atom. The van der Waals surface area contributed by atoms with Crippen LogP contribution in [0, 0.1) is 18.3 Å². The molecule has 0 bridgehead atoms. The molecule has 2 N–H and O–H groups in total. The topological polar surface area (TPSA) is 80.0 Å². The zero-order chi connectivity index (χ0) is 14.2. The molecule has 6 heteroatoms. The average molecular weight is 278 g/mol. The van der Waals surface area contributed by atoms with Gasteiger partial charge in [-0.1, -0.05) is 18.0 Å². The molecule has 1 aromatic rings. The SMILES string of the molecule is Cc1noc(C(C)NC(=O)[C@@]23CCCC[C@H]2CNC3)n1. The van der Waals surface area contributed by atoms with Gasteiger partial charge in [0, 0.05) is 6.54 Å². The van der Waals surface area contributed by atoms with Crippen molar-refractivity contribution in [1.82, 2.24) is 20.8 Å². The highest BCUT2D eigenvalue weighted by Crippen LogP contribution is 2.44. The number of fused-ring (bicyclic) bond motifs is 1. The first-order valence-electron chi connectivity index (χ1n) is 7.44. The van der Waals surface area contributed by atoms with E-state index in [0.717, 1.165) is 32.4 Å². The number of aromatic nitrogens is 2. The summed E-state index contributed by atoms with van der Waals surface area (Å²) in [5.74, 6) is 1.67. The summed E-state index contributed by atoms with van der Waals surface area (Å²) in [5, 5.41) is 10.2. The minimum atomic E-state index is -0.235. The molecule has 0 aromatic carbocycles. The Bertz CT molecular complexity index is 501. The molecule has 1 aliphatic heterocycles. The van der Waals surface area contributed by atoms with Gasteiger partial charge in [-0.05, 0) is 39.2 Å². The van der Waals surface area contributed by atoms with Crippen LogP contribution in [0.3, 0.4) is 0 Å². The second kappa shape index (κ2) is 5.16. The van der Waals surface area contributed by atoms with E-state index in [1.54, 1.807) is 6.92 Å². The van der Waals surface area contributed by atoms with Gasteiger partial charge in [0.1, 0.15) is 6.04 Å². The number of nitrogens with one attached hydrogen (secondary N) is 2. The maximum atomic E-state index is 12.8. The van der Waals surface area contributed by atoms with Crippen molar-refractivity contribution in [3.8, 4) is 0 Å². The zero-order valence-corrected chi connectivity index (χ0v) is 12.1. The zero-order valence-electron chi connectivity index (χ0n) is 12.1. The van der Waals surface area contributed by atoms with Gasteiger partial charge in [-0.3, -0.25) is 4.79 Å². The summed E-state index contributed by atoms with van der Waals surface area (Å²) in [7, 11) is 0. The second-order valence-electron chi connectivity index (χ2n) is 6.10. The van der Waals surface area contributed by atoms with Crippen molar-refractivity contribution >= 4 is 5.91 Å². The lowest BCUT2D eigenvalue weighted by atomic mass is 9.67. The molecular weight excluding hydrogens is 256 g/mol. The van der Waals surface area contributed by atoms with Crippen molar-refractivity contribution in [2.75, 3.05) is 13.1 Å². The van der Waals surface area contributed by atoms with Gasteiger partial charge in [-0.15, -0.1) is 0 Å². The van der Waals surface area contributed by atoms with E-state index in [1.807, 2.05) is 6.92 Å². The molecule has 2 heterocycles. The Morgan fingerprint density at radius 2 is 2.40 bits per heavy atom. The van der Waals surface area contributed by atoms with Crippen LogP contribution >= 0.6 is 0 Å². The fourth-order valence-corrected chi connectivity index (χ4v) is 3.58. The first-order valence-corrected chi connectivity index (χ1v) is 7.44. The summed E-state index contributed by atoms with van der Waals surface area (Å²) in [6.45, 7) is 5.42. The molecule has 20 heavy (non-hydrogen) atoms. The molecule has 2 aliphatic rings. The van der Waals surface area contributed by atoms with E-state index in [1.165, 1.54) is 6.42 Å². The van der Waals surface area contributed by atoms with Crippen LogP contribution in [0.1, 0.15) is 50.4 Å². The van der Waals surface area contributed by atoms with E-state index in [4.69, 9.17) is 4.52 Å². The highest BCUT2D eigenvalue weighted by atomic mass is 16.5. The number of hydrogen-bond acceptors (Lipinski definition) is 5. The van der Waals surface area contributed by atoms with Gasteiger partial charge >= 0.3 is 0 Å². The van der Waals surface area contributed by atoms with E-state index in [9.17, 15) is 4.79 Å². The maximum Gasteiger partial charge on any atom is 0.248 e. The molecule has 1 amide bonds. The normalized spacial score (nSPS) is 30.8. The number of nitrogens with zero attached hydrogens (tertiary/aromatic N) is 2. The second-order valence-corrected chi connectivity index (χ2v) is 6.10. The molecule has 1 aliphatic carbocycles. The van der Waals surface area contributed by atoms with Gasteiger partial charge in [-0.2, -0.15) is 4.98 Å². The van der Waals surface area contributed by atoms with Crippen LogP contribution in [0.2, 0.25) is 0 Å². The van der Waals surface area contributed by atoms with E-state index in [0.29, 0.717) is 17.6 Å². The molecule has 1 saturated heterocycles. The van der Waals surface area contributed by atoms with Crippen LogP contribution in [-0.4, -0.2) is 29.1 Å². The molecule has 110 valence electrons. The smallest absolute Gasteiger partial charge is 0.248 e. The fourth-order valence-electron chi connectivity index (χ4n) is 3.58. The third kappa shape index (κ3) is 2.22. The predicted molar refractivity (Wildman–Crippen MR) is 72.9 cm³/mol. The van der Waals surface area contributed by atoms with E-state index < -0.39 is 0 Å². The number of rotatable bonds is 3. The summed E-state index contributed by atoms with van der Waals surface area (Å²) >= 11 is 0. The van der Waals surface area contributed by atoms with Gasteiger partial charge in [0.25, 0.3) is 0 Å². The standard InChI is InChI=1S/C14H22N4O2/c1-9(12-17-10(2)18-20-12)16-13(19)14-6-4-3-5-11(14)7-15-8-14/h9,11,15H,3-8H2,1-2H3,(H,16,19)/t9?,11-,14+/m0/s1. The highest BCUT2D eigenvalue weighted by molar-refractivity contribution is 5.84.